The minimum atomic E-state index is -0.920. The van der Waals surface area contributed by atoms with Crippen LogP contribution in [0.3, 0.4) is 0 Å². The van der Waals surface area contributed by atoms with Crippen LogP contribution < -0.4 is 15.5 Å². The van der Waals surface area contributed by atoms with E-state index in [2.05, 4.69) is 25.5 Å². The molecule has 0 aromatic carbocycles. The van der Waals surface area contributed by atoms with Crippen molar-refractivity contribution in [3.05, 3.63) is 66.2 Å². The number of nitrogens with zero attached hydrogens (tertiary/aromatic N) is 5. The molecule has 2 aliphatic rings. The van der Waals surface area contributed by atoms with Crippen molar-refractivity contribution in [2.45, 2.75) is 32.1 Å². The Balaban J connectivity index is 1.27. The lowest BCUT2D eigenvalue weighted by Crippen LogP contribution is -2.52. The van der Waals surface area contributed by atoms with Crippen molar-refractivity contribution in [1.29, 1.82) is 0 Å². The molecule has 10 heteroatoms. The van der Waals surface area contributed by atoms with E-state index in [4.69, 9.17) is 9.72 Å². The maximum Gasteiger partial charge on any atom is 0.254 e. The first-order valence-electron chi connectivity index (χ1n) is 11.9. The minimum Gasteiger partial charge on any atom is -0.388 e. The SMILES string of the molecule is CC(C)(O)[C@@H]1CN(c2ccc(Nc3cnc(-c4cnc5ccccn45)c4c3C(=O)NC4)nc2)CCO1. The first-order chi connectivity index (χ1) is 17.4. The van der Waals surface area contributed by atoms with Gasteiger partial charge in [0.05, 0.1) is 59.1 Å². The number of aromatic nitrogens is 4. The van der Waals surface area contributed by atoms with E-state index in [0.717, 1.165) is 34.8 Å². The van der Waals surface area contributed by atoms with Gasteiger partial charge in [-0.2, -0.15) is 0 Å². The van der Waals surface area contributed by atoms with Crippen LogP contribution in [0.1, 0.15) is 29.8 Å². The number of hydrogen-bond acceptors (Lipinski definition) is 8. The summed E-state index contributed by atoms with van der Waals surface area (Å²) in [5, 5.41) is 16.5. The van der Waals surface area contributed by atoms with Crippen LogP contribution in [0, 0.1) is 0 Å². The molecular weight excluding hydrogens is 458 g/mol. The van der Waals surface area contributed by atoms with Crippen LogP contribution in [0.25, 0.3) is 17.0 Å². The van der Waals surface area contributed by atoms with Gasteiger partial charge in [-0.1, -0.05) is 6.07 Å². The number of ether oxygens (including phenoxy) is 1. The van der Waals surface area contributed by atoms with Gasteiger partial charge in [-0.15, -0.1) is 0 Å². The van der Waals surface area contributed by atoms with Gasteiger partial charge in [0.2, 0.25) is 0 Å². The number of morpholine rings is 1. The van der Waals surface area contributed by atoms with Crippen molar-refractivity contribution in [2.75, 3.05) is 29.9 Å². The normalized spacial score (nSPS) is 17.8. The number of aliphatic hydroxyl groups is 1. The van der Waals surface area contributed by atoms with Gasteiger partial charge in [-0.05, 0) is 38.1 Å². The summed E-state index contributed by atoms with van der Waals surface area (Å²) < 4.78 is 7.70. The highest BCUT2D eigenvalue weighted by atomic mass is 16.5. The molecule has 1 fully saturated rings. The molecule has 0 aliphatic carbocycles. The molecule has 6 heterocycles. The first kappa shape index (κ1) is 22.4. The van der Waals surface area contributed by atoms with E-state index in [1.165, 1.54) is 0 Å². The molecule has 1 amide bonds. The Morgan fingerprint density at radius 2 is 2.03 bits per heavy atom. The van der Waals surface area contributed by atoms with Gasteiger partial charge in [0.1, 0.15) is 17.6 Å². The largest absolute Gasteiger partial charge is 0.388 e. The van der Waals surface area contributed by atoms with Gasteiger partial charge < -0.3 is 25.4 Å². The number of hydrogen-bond donors (Lipinski definition) is 3. The Bertz CT molecular complexity index is 1440. The van der Waals surface area contributed by atoms with Crippen LogP contribution in [0.4, 0.5) is 17.2 Å². The van der Waals surface area contributed by atoms with Gasteiger partial charge in [0.15, 0.2) is 0 Å². The summed E-state index contributed by atoms with van der Waals surface area (Å²) in [6.07, 6.45) is 6.90. The van der Waals surface area contributed by atoms with Crippen LogP contribution in [0.5, 0.6) is 0 Å². The Morgan fingerprint density at radius 3 is 2.83 bits per heavy atom. The fraction of sp³-hybridized carbons (Fsp3) is 0.308. The van der Waals surface area contributed by atoms with E-state index in [9.17, 15) is 9.90 Å². The van der Waals surface area contributed by atoms with E-state index in [-0.39, 0.29) is 12.0 Å². The number of carbonyl (C=O) groups excluding carboxylic acids is 1. The molecule has 10 nitrogen and oxygen atoms in total. The van der Waals surface area contributed by atoms with Crippen molar-refractivity contribution in [3.63, 3.8) is 0 Å². The summed E-state index contributed by atoms with van der Waals surface area (Å²) in [4.78, 5) is 28.7. The van der Waals surface area contributed by atoms with E-state index in [1.807, 2.05) is 40.9 Å². The smallest absolute Gasteiger partial charge is 0.254 e. The molecule has 0 bridgehead atoms. The highest BCUT2D eigenvalue weighted by molar-refractivity contribution is 6.05. The number of rotatable bonds is 5. The first-order valence-corrected chi connectivity index (χ1v) is 11.9. The Morgan fingerprint density at radius 1 is 1.14 bits per heavy atom. The molecule has 2 aliphatic heterocycles. The van der Waals surface area contributed by atoms with Gasteiger partial charge in [0.25, 0.3) is 5.91 Å². The second-order valence-corrected chi connectivity index (χ2v) is 9.61. The molecule has 4 aromatic rings. The van der Waals surface area contributed by atoms with Crippen LogP contribution >= 0.6 is 0 Å². The van der Waals surface area contributed by atoms with Crippen LogP contribution in [0.2, 0.25) is 0 Å². The van der Waals surface area contributed by atoms with Crippen molar-refractivity contribution >= 4 is 28.7 Å². The molecule has 0 saturated carbocycles. The van der Waals surface area contributed by atoms with Crippen LogP contribution in [-0.4, -0.2) is 61.8 Å². The summed E-state index contributed by atoms with van der Waals surface area (Å²) in [7, 11) is 0. The van der Waals surface area contributed by atoms with Crippen LogP contribution in [0.15, 0.2) is 55.1 Å². The topological polar surface area (TPSA) is 117 Å². The quantitative estimate of drug-likeness (QED) is 0.395. The van der Waals surface area contributed by atoms with E-state index in [1.54, 1.807) is 32.4 Å². The van der Waals surface area contributed by atoms with Crippen molar-refractivity contribution in [2.24, 2.45) is 0 Å². The predicted octanol–water partition coefficient (Wildman–Crippen LogP) is 2.75. The Kier molecular flexibility index (Phi) is 5.35. The maximum absolute atomic E-state index is 12.8. The zero-order valence-electron chi connectivity index (χ0n) is 20.1. The number of anilines is 3. The lowest BCUT2D eigenvalue weighted by molar-refractivity contribution is -0.0928. The summed E-state index contributed by atoms with van der Waals surface area (Å²) in [5.41, 5.74) is 4.41. The average Bonchev–Trinajstić information content (AvgIpc) is 3.49. The van der Waals surface area contributed by atoms with Gasteiger partial charge in [0, 0.05) is 31.4 Å². The van der Waals surface area contributed by atoms with E-state index in [0.29, 0.717) is 36.8 Å². The molecule has 0 unspecified atom stereocenters. The fourth-order valence-electron chi connectivity index (χ4n) is 4.76. The third-order valence-corrected chi connectivity index (χ3v) is 6.72. The third-order valence-electron chi connectivity index (χ3n) is 6.72. The number of nitrogens with one attached hydrogen (secondary N) is 2. The van der Waals surface area contributed by atoms with Gasteiger partial charge in [-0.25, -0.2) is 9.97 Å². The molecule has 36 heavy (non-hydrogen) atoms. The number of imidazole rings is 1. The monoisotopic (exact) mass is 485 g/mol. The lowest BCUT2D eigenvalue weighted by Gasteiger charge is -2.39. The summed E-state index contributed by atoms with van der Waals surface area (Å²) >= 11 is 0. The molecule has 4 aromatic heterocycles. The molecular formula is C26H27N7O3. The maximum atomic E-state index is 12.8. The lowest BCUT2D eigenvalue weighted by atomic mass is 10.00. The van der Waals surface area contributed by atoms with Gasteiger partial charge in [-0.3, -0.25) is 14.2 Å². The van der Waals surface area contributed by atoms with Crippen molar-refractivity contribution in [1.82, 2.24) is 24.7 Å². The van der Waals surface area contributed by atoms with Crippen molar-refractivity contribution < 1.29 is 14.6 Å². The van der Waals surface area contributed by atoms with Crippen molar-refractivity contribution in [3.8, 4) is 11.4 Å². The Labute approximate surface area is 208 Å². The fourth-order valence-corrected chi connectivity index (χ4v) is 4.76. The number of pyridine rings is 3. The molecule has 0 radical (unpaired) electrons. The standard InChI is InChI=1S/C26H27N7O3/c1-26(2,35)20-15-32(9-10-36-20)16-6-7-21(27-11-16)31-18-13-29-24(17-12-30-25(34)23(17)18)19-14-28-22-5-3-4-8-33(19)22/h3-8,11,13-14,20,35H,9-10,12,15H2,1-2H3,(H,27,31)(H,30,34)/t20-/m0/s1. The van der Waals surface area contributed by atoms with E-state index < -0.39 is 5.60 Å². The zero-order chi connectivity index (χ0) is 24.9. The summed E-state index contributed by atoms with van der Waals surface area (Å²) in [5.74, 6) is 0.463. The number of fused-ring (bicyclic) bond motifs is 2. The Hall–Kier alpha value is -4.02. The average molecular weight is 486 g/mol. The number of carbonyl (C=O) groups is 1. The predicted molar refractivity (Wildman–Crippen MR) is 135 cm³/mol. The molecule has 1 atom stereocenters. The summed E-state index contributed by atoms with van der Waals surface area (Å²) in [6.45, 7) is 5.77. The highest BCUT2D eigenvalue weighted by Crippen LogP contribution is 2.33. The second-order valence-electron chi connectivity index (χ2n) is 9.61. The molecule has 6 rings (SSSR count). The molecule has 0 spiro atoms. The molecule has 3 N–H and O–H groups in total. The molecule has 1 saturated heterocycles. The third kappa shape index (κ3) is 3.94. The molecule has 184 valence electrons. The summed E-state index contributed by atoms with van der Waals surface area (Å²) in [6, 6.07) is 9.66. The second kappa shape index (κ2) is 8.58. The number of amides is 1. The highest BCUT2D eigenvalue weighted by Gasteiger charge is 2.33. The van der Waals surface area contributed by atoms with E-state index >= 15 is 0 Å². The van der Waals surface area contributed by atoms with Crippen LogP contribution in [-0.2, 0) is 11.3 Å². The van der Waals surface area contributed by atoms with Gasteiger partial charge >= 0.3 is 0 Å². The zero-order valence-corrected chi connectivity index (χ0v) is 20.1. The minimum absolute atomic E-state index is 0.146.